The Kier molecular flexibility index (Phi) is 3.11. The molecule has 0 spiro atoms. The molecule has 0 aromatic heterocycles. The first-order valence-electron chi connectivity index (χ1n) is 3.78. The maximum Gasteiger partial charge on any atom is 0.330 e. The van der Waals surface area contributed by atoms with Gasteiger partial charge in [0.1, 0.15) is 6.10 Å². The summed E-state index contributed by atoms with van der Waals surface area (Å²) in [5.74, 6) is -0.264. The Morgan fingerprint density at radius 3 is 2.91 bits per heavy atom. The monoisotopic (exact) mass is 156 g/mol. The minimum Gasteiger partial charge on any atom is -0.454 e. The maximum absolute atomic E-state index is 10.8. The molecule has 3 heteroatoms. The van der Waals surface area contributed by atoms with Crippen LogP contribution in [0.25, 0.3) is 0 Å². The van der Waals surface area contributed by atoms with Crippen LogP contribution >= 0.6 is 0 Å². The molecule has 0 amide bonds. The number of esters is 1. The summed E-state index contributed by atoms with van der Waals surface area (Å²) >= 11 is 0. The Hall–Kier alpha value is -0.830. The molecule has 3 nitrogen and oxygen atoms in total. The van der Waals surface area contributed by atoms with Crippen molar-refractivity contribution in [1.82, 2.24) is 0 Å². The van der Waals surface area contributed by atoms with Crippen LogP contribution in [0, 0.1) is 0 Å². The molecule has 1 saturated heterocycles. The highest BCUT2D eigenvalue weighted by Crippen LogP contribution is 2.05. The molecule has 62 valence electrons. The number of carbonyl (C=O) groups excluding carboxylic acids is 1. The van der Waals surface area contributed by atoms with E-state index in [0.717, 1.165) is 6.42 Å². The Balaban J connectivity index is 2.14. The van der Waals surface area contributed by atoms with Gasteiger partial charge in [0.25, 0.3) is 0 Å². The summed E-state index contributed by atoms with van der Waals surface area (Å²) in [6.45, 7) is 3.06. The fraction of sp³-hybridized carbons (Fsp3) is 0.625. The molecule has 0 radical (unpaired) electrons. The van der Waals surface area contributed by atoms with Gasteiger partial charge in [0.2, 0.25) is 0 Å². The molecule has 1 heterocycles. The topological polar surface area (TPSA) is 35.5 Å². The smallest absolute Gasteiger partial charge is 0.330 e. The van der Waals surface area contributed by atoms with Gasteiger partial charge in [-0.15, -0.1) is 0 Å². The van der Waals surface area contributed by atoms with Crippen LogP contribution < -0.4 is 0 Å². The average Bonchev–Trinajstić information content (AvgIpc) is 1.93. The summed E-state index contributed by atoms with van der Waals surface area (Å²) in [4.78, 5) is 10.8. The average molecular weight is 156 g/mol. The van der Waals surface area contributed by atoms with Crippen LogP contribution in [-0.2, 0) is 14.3 Å². The first kappa shape index (κ1) is 8.27. The van der Waals surface area contributed by atoms with Gasteiger partial charge in [-0.05, 0) is 6.42 Å². The highest BCUT2D eigenvalue weighted by atomic mass is 16.6. The van der Waals surface area contributed by atoms with Crippen LogP contribution in [0.3, 0.4) is 0 Å². The third-order valence-electron chi connectivity index (χ3n) is 1.38. The Morgan fingerprint density at radius 2 is 2.45 bits per heavy atom. The van der Waals surface area contributed by atoms with Crippen LogP contribution in [0.4, 0.5) is 0 Å². The van der Waals surface area contributed by atoms with Crippen molar-refractivity contribution in [2.75, 3.05) is 13.2 Å². The van der Waals surface area contributed by atoms with Gasteiger partial charge in [-0.2, -0.15) is 0 Å². The lowest BCUT2D eigenvalue weighted by Crippen LogP contribution is -2.37. The highest BCUT2D eigenvalue weighted by Gasteiger charge is 2.21. The fourth-order valence-electron chi connectivity index (χ4n) is 0.700. The zero-order valence-electron chi connectivity index (χ0n) is 6.58. The molecule has 0 saturated carbocycles. The standard InChI is InChI=1S/C8H12O3/c1-2-3-4-8(9)11-7-5-10-6-7/h3-4,7H,2,5-6H2,1H3. The van der Waals surface area contributed by atoms with E-state index in [9.17, 15) is 4.79 Å². The van der Waals surface area contributed by atoms with E-state index in [1.807, 2.05) is 6.92 Å². The number of hydrogen-bond donors (Lipinski definition) is 0. The van der Waals surface area contributed by atoms with Gasteiger partial charge in [0.05, 0.1) is 13.2 Å². The second kappa shape index (κ2) is 4.13. The van der Waals surface area contributed by atoms with Crippen molar-refractivity contribution in [2.45, 2.75) is 19.4 Å². The molecule has 0 aliphatic carbocycles. The molecule has 1 aliphatic rings. The molecule has 1 aliphatic heterocycles. The van der Waals surface area contributed by atoms with E-state index >= 15 is 0 Å². The van der Waals surface area contributed by atoms with E-state index < -0.39 is 0 Å². The quantitative estimate of drug-likeness (QED) is 0.449. The first-order valence-corrected chi connectivity index (χ1v) is 3.78. The SMILES string of the molecule is CCC=CC(=O)OC1COC1. The predicted molar refractivity (Wildman–Crippen MR) is 40.1 cm³/mol. The van der Waals surface area contributed by atoms with Gasteiger partial charge in [-0.1, -0.05) is 13.0 Å². The fourth-order valence-corrected chi connectivity index (χ4v) is 0.700. The Labute approximate surface area is 66.0 Å². The lowest BCUT2D eigenvalue weighted by Gasteiger charge is -2.24. The van der Waals surface area contributed by atoms with Crippen LogP contribution in [0.2, 0.25) is 0 Å². The van der Waals surface area contributed by atoms with Crippen LogP contribution in [0.15, 0.2) is 12.2 Å². The van der Waals surface area contributed by atoms with Crippen molar-refractivity contribution < 1.29 is 14.3 Å². The second-order valence-electron chi connectivity index (χ2n) is 2.41. The summed E-state index contributed by atoms with van der Waals surface area (Å²) in [5.41, 5.74) is 0. The molecule has 0 atom stereocenters. The number of allylic oxidation sites excluding steroid dienone is 1. The highest BCUT2D eigenvalue weighted by molar-refractivity contribution is 5.82. The van der Waals surface area contributed by atoms with Crippen LogP contribution in [-0.4, -0.2) is 25.3 Å². The Bertz CT molecular complexity index is 159. The largest absolute Gasteiger partial charge is 0.454 e. The van der Waals surface area contributed by atoms with Crippen molar-refractivity contribution in [3.05, 3.63) is 12.2 Å². The van der Waals surface area contributed by atoms with Gasteiger partial charge >= 0.3 is 5.97 Å². The molecule has 0 aromatic rings. The Morgan fingerprint density at radius 1 is 1.73 bits per heavy atom. The lowest BCUT2D eigenvalue weighted by atomic mass is 10.3. The van der Waals surface area contributed by atoms with Gasteiger partial charge in [-0.3, -0.25) is 0 Å². The number of hydrogen-bond acceptors (Lipinski definition) is 3. The number of rotatable bonds is 3. The van der Waals surface area contributed by atoms with Gasteiger partial charge in [0, 0.05) is 6.08 Å². The first-order chi connectivity index (χ1) is 5.33. The third kappa shape index (κ3) is 2.72. The second-order valence-corrected chi connectivity index (χ2v) is 2.41. The van der Waals surface area contributed by atoms with Crippen molar-refractivity contribution >= 4 is 5.97 Å². The van der Waals surface area contributed by atoms with Crippen molar-refractivity contribution in [3.8, 4) is 0 Å². The summed E-state index contributed by atoms with van der Waals surface area (Å²) in [6, 6.07) is 0. The third-order valence-corrected chi connectivity index (χ3v) is 1.38. The van der Waals surface area contributed by atoms with E-state index in [1.165, 1.54) is 6.08 Å². The van der Waals surface area contributed by atoms with E-state index in [0.29, 0.717) is 13.2 Å². The molecule has 11 heavy (non-hydrogen) atoms. The minimum atomic E-state index is -0.264. The molecular formula is C8H12O3. The molecule has 0 N–H and O–H groups in total. The van der Waals surface area contributed by atoms with Gasteiger partial charge in [0.15, 0.2) is 0 Å². The van der Waals surface area contributed by atoms with Crippen molar-refractivity contribution in [3.63, 3.8) is 0 Å². The summed E-state index contributed by atoms with van der Waals surface area (Å²) in [6.07, 6.45) is 4.08. The van der Waals surface area contributed by atoms with Crippen LogP contribution in [0.1, 0.15) is 13.3 Å². The van der Waals surface area contributed by atoms with E-state index in [1.54, 1.807) is 6.08 Å². The summed E-state index contributed by atoms with van der Waals surface area (Å²) in [7, 11) is 0. The van der Waals surface area contributed by atoms with E-state index in [4.69, 9.17) is 9.47 Å². The zero-order valence-corrected chi connectivity index (χ0v) is 6.58. The lowest BCUT2D eigenvalue weighted by molar-refractivity contribution is -0.166. The number of ether oxygens (including phenoxy) is 2. The molecule has 0 bridgehead atoms. The molecular weight excluding hydrogens is 144 g/mol. The maximum atomic E-state index is 10.8. The summed E-state index contributed by atoms with van der Waals surface area (Å²) in [5, 5.41) is 0. The van der Waals surface area contributed by atoms with Crippen molar-refractivity contribution in [2.24, 2.45) is 0 Å². The normalized spacial score (nSPS) is 18.3. The van der Waals surface area contributed by atoms with Crippen molar-refractivity contribution in [1.29, 1.82) is 0 Å². The van der Waals surface area contributed by atoms with Crippen LogP contribution in [0.5, 0.6) is 0 Å². The van der Waals surface area contributed by atoms with E-state index in [2.05, 4.69) is 0 Å². The van der Waals surface area contributed by atoms with E-state index in [-0.39, 0.29) is 12.1 Å². The number of carbonyl (C=O) groups is 1. The zero-order chi connectivity index (χ0) is 8.10. The molecule has 1 rings (SSSR count). The van der Waals surface area contributed by atoms with Gasteiger partial charge < -0.3 is 9.47 Å². The molecule has 0 unspecified atom stereocenters. The van der Waals surface area contributed by atoms with Gasteiger partial charge in [-0.25, -0.2) is 4.79 Å². The summed E-state index contributed by atoms with van der Waals surface area (Å²) < 4.78 is 9.78. The molecule has 1 fully saturated rings. The molecule has 0 aromatic carbocycles. The minimum absolute atomic E-state index is 0.0102. The predicted octanol–water partition coefficient (Wildman–Crippen LogP) is 0.895.